The molecule has 112 valence electrons. The van der Waals surface area contributed by atoms with Gasteiger partial charge in [-0.25, -0.2) is 0 Å². The summed E-state index contributed by atoms with van der Waals surface area (Å²) in [5.41, 5.74) is 5.76. The van der Waals surface area contributed by atoms with Crippen molar-refractivity contribution in [2.45, 2.75) is 0 Å². The molecule has 2 aromatic carbocycles. The molecule has 0 aromatic heterocycles. The number of rotatable bonds is 4. The third-order valence-corrected chi connectivity index (χ3v) is 3.15. The molecule has 7 nitrogen and oxygen atoms in total. The Labute approximate surface area is 129 Å². The first-order chi connectivity index (χ1) is 10.4. The van der Waals surface area contributed by atoms with Crippen molar-refractivity contribution in [3.63, 3.8) is 0 Å². The number of amides is 2. The van der Waals surface area contributed by atoms with E-state index in [4.69, 9.17) is 17.3 Å². The van der Waals surface area contributed by atoms with E-state index in [9.17, 15) is 19.7 Å². The van der Waals surface area contributed by atoms with Crippen LogP contribution >= 0.6 is 11.6 Å². The summed E-state index contributed by atoms with van der Waals surface area (Å²) in [7, 11) is 0. The lowest BCUT2D eigenvalue weighted by atomic mass is 10.1. The number of anilines is 1. The van der Waals surface area contributed by atoms with Gasteiger partial charge in [-0.05, 0) is 30.3 Å². The molecule has 22 heavy (non-hydrogen) atoms. The van der Waals surface area contributed by atoms with Crippen molar-refractivity contribution in [1.82, 2.24) is 0 Å². The van der Waals surface area contributed by atoms with E-state index in [1.807, 2.05) is 0 Å². The third-order valence-electron chi connectivity index (χ3n) is 2.84. The van der Waals surface area contributed by atoms with Crippen molar-refractivity contribution < 1.29 is 14.5 Å². The number of hydrogen-bond acceptors (Lipinski definition) is 4. The molecule has 2 rings (SSSR count). The van der Waals surface area contributed by atoms with Gasteiger partial charge in [0.25, 0.3) is 11.6 Å². The predicted molar refractivity (Wildman–Crippen MR) is 81.0 cm³/mol. The zero-order chi connectivity index (χ0) is 16.3. The van der Waals surface area contributed by atoms with Crippen LogP contribution in [0.3, 0.4) is 0 Å². The fraction of sp³-hybridized carbons (Fsp3) is 0. The minimum atomic E-state index is -0.601. The standard InChI is InChI=1S/C14H10ClN3O4/c15-12-7-10(18(21)22)5-6-11(12)14(20)17-9-3-1-8(2-4-9)13(16)19/h1-7H,(H2,16,19)(H,17,20). The van der Waals surface area contributed by atoms with Crippen LogP contribution in [0.1, 0.15) is 20.7 Å². The molecule has 0 saturated carbocycles. The number of primary amides is 1. The molecule has 0 unspecified atom stereocenters. The van der Waals surface area contributed by atoms with E-state index >= 15 is 0 Å². The molecule has 8 heteroatoms. The van der Waals surface area contributed by atoms with Gasteiger partial charge in [-0.15, -0.1) is 0 Å². The third kappa shape index (κ3) is 3.39. The zero-order valence-electron chi connectivity index (χ0n) is 11.1. The number of nitrogens with zero attached hydrogens (tertiary/aromatic N) is 1. The fourth-order valence-electron chi connectivity index (χ4n) is 1.72. The summed E-state index contributed by atoms with van der Waals surface area (Å²) in [6, 6.07) is 9.52. The minimum absolute atomic E-state index is 0.0274. The Morgan fingerprint density at radius 2 is 1.77 bits per heavy atom. The van der Waals surface area contributed by atoms with Crippen LogP contribution in [-0.2, 0) is 0 Å². The number of carbonyl (C=O) groups is 2. The molecule has 2 amide bonds. The van der Waals surface area contributed by atoms with E-state index < -0.39 is 16.7 Å². The molecule has 3 N–H and O–H groups in total. The molecule has 0 bridgehead atoms. The van der Waals surface area contributed by atoms with E-state index in [2.05, 4.69) is 5.32 Å². The van der Waals surface area contributed by atoms with Gasteiger partial charge in [0.1, 0.15) is 0 Å². The van der Waals surface area contributed by atoms with Crippen LogP contribution in [0.5, 0.6) is 0 Å². The average molecular weight is 320 g/mol. The van der Waals surface area contributed by atoms with E-state index in [0.717, 1.165) is 6.07 Å². The van der Waals surface area contributed by atoms with Crippen LogP contribution in [0, 0.1) is 10.1 Å². The highest BCUT2D eigenvalue weighted by Gasteiger charge is 2.15. The monoisotopic (exact) mass is 319 g/mol. The predicted octanol–water partition coefficient (Wildman–Crippen LogP) is 2.60. The molecular formula is C14H10ClN3O4. The van der Waals surface area contributed by atoms with E-state index in [0.29, 0.717) is 11.3 Å². The smallest absolute Gasteiger partial charge is 0.270 e. The topological polar surface area (TPSA) is 115 Å². The van der Waals surface area contributed by atoms with E-state index in [1.165, 1.54) is 36.4 Å². The quantitative estimate of drug-likeness (QED) is 0.665. The molecule has 0 fully saturated rings. The maximum absolute atomic E-state index is 12.1. The maximum Gasteiger partial charge on any atom is 0.270 e. The number of halogens is 1. The van der Waals surface area contributed by atoms with E-state index in [-0.39, 0.29) is 16.3 Å². The van der Waals surface area contributed by atoms with Gasteiger partial charge in [0.15, 0.2) is 0 Å². The number of benzene rings is 2. The molecule has 0 aliphatic rings. The summed E-state index contributed by atoms with van der Waals surface area (Å²) in [4.78, 5) is 33.0. The SMILES string of the molecule is NC(=O)c1ccc(NC(=O)c2ccc([N+](=O)[O-])cc2Cl)cc1. The highest BCUT2D eigenvalue weighted by Crippen LogP contribution is 2.23. The Hall–Kier alpha value is -2.93. The number of carbonyl (C=O) groups excluding carboxylic acids is 2. The van der Waals surface area contributed by atoms with Crippen molar-refractivity contribution in [3.05, 3.63) is 68.7 Å². The molecule has 0 radical (unpaired) electrons. The van der Waals surface area contributed by atoms with Gasteiger partial charge in [0.2, 0.25) is 5.91 Å². The lowest BCUT2D eigenvalue weighted by Crippen LogP contribution is -2.14. The Morgan fingerprint density at radius 3 is 2.27 bits per heavy atom. The van der Waals surface area contributed by atoms with Gasteiger partial charge >= 0.3 is 0 Å². The van der Waals surface area contributed by atoms with Crippen LogP contribution in [0.4, 0.5) is 11.4 Å². The number of non-ortho nitro benzene ring substituents is 1. The van der Waals surface area contributed by atoms with Gasteiger partial charge in [-0.1, -0.05) is 11.6 Å². The Kier molecular flexibility index (Phi) is 4.38. The number of nitrogens with one attached hydrogen (secondary N) is 1. The van der Waals surface area contributed by atoms with Crippen molar-refractivity contribution in [2.75, 3.05) is 5.32 Å². The molecule has 0 aliphatic carbocycles. The highest BCUT2D eigenvalue weighted by molar-refractivity contribution is 6.34. The first kappa shape index (κ1) is 15.5. The first-order valence-electron chi connectivity index (χ1n) is 6.03. The minimum Gasteiger partial charge on any atom is -0.366 e. The Balaban J connectivity index is 2.18. The van der Waals surface area contributed by atoms with Crippen LogP contribution in [0.15, 0.2) is 42.5 Å². The van der Waals surface area contributed by atoms with Crippen molar-refractivity contribution >= 4 is 34.8 Å². The van der Waals surface area contributed by atoms with Gasteiger partial charge in [-0.2, -0.15) is 0 Å². The number of hydrogen-bond donors (Lipinski definition) is 2. The second kappa shape index (κ2) is 6.23. The number of nitro groups is 1. The summed E-state index contributed by atoms with van der Waals surface area (Å²) in [5, 5.41) is 13.2. The van der Waals surface area contributed by atoms with Gasteiger partial charge in [0.05, 0.1) is 15.5 Å². The van der Waals surface area contributed by atoms with Gasteiger partial charge in [0, 0.05) is 23.4 Å². The molecule has 0 atom stereocenters. The van der Waals surface area contributed by atoms with Crippen molar-refractivity contribution in [1.29, 1.82) is 0 Å². The maximum atomic E-state index is 12.1. The van der Waals surface area contributed by atoms with Crippen LogP contribution in [0.25, 0.3) is 0 Å². The van der Waals surface area contributed by atoms with Crippen LogP contribution in [-0.4, -0.2) is 16.7 Å². The van der Waals surface area contributed by atoms with Crippen LogP contribution < -0.4 is 11.1 Å². The second-order valence-corrected chi connectivity index (χ2v) is 4.72. The van der Waals surface area contributed by atoms with Gasteiger partial charge < -0.3 is 11.1 Å². The summed E-state index contributed by atoms with van der Waals surface area (Å²) in [5.74, 6) is -1.09. The highest BCUT2D eigenvalue weighted by atomic mass is 35.5. The normalized spacial score (nSPS) is 10.0. The lowest BCUT2D eigenvalue weighted by molar-refractivity contribution is -0.384. The molecule has 0 saturated heterocycles. The number of nitrogens with two attached hydrogens (primary N) is 1. The number of nitro benzene ring substituents is 1. The molecule has 0 heterocycles. The second-order valence-electron chi connectivity index (χ2n) is 4.32. The summed E-state index contributed by atoms with van der Waals surface area (Å²) < 4.78 is 0. The Morgan fingerprint density at radius 1 is 1.14 bits per heavy atom. The Bertz CT molecular complexity index is 759. The molecule has 0 spiro atoms. The molecule has 0 aliphatic heterocycles. The molecule has 2 aromatic rings. The fourth-order valence-corrected chi connectivity index (χ4v) is 1.98. The largest absolute Gasteiger partial charge is 0.366 e. The first-order valence-corrected chi connectivity index (χ1v) is 6.41. The summed E-state index contributed by atoms with van der Waals surface area (Å²) in [6.45, 7) is 0. The van der Waals surface area contributed by atoms with Crippen molar-refractivity contribution in [2.24, 2.45) is 5.73 Å². The van der Waals surface area contributed by atoms with Gasteiger partial charge in [-0.3, -0.25) is 19.7 Å². The van der Waals surface area contributed by atoms with Crippen LogP contribution in [0.2, 0.25) is 5.02 Å². The summed E-state index contributed by atoms with van der Waals surface area (Å²) >= 11 is 5.87. The van der Waals surface area contributed by atoms with Crippen molar-refractivity contribution in [3.8, 4) is 0 Å². The lowest BCUT2D eigenvalue weighted by Gasteiger charge is -2.07. The average Bonchev–Trinajstić information content (AvgIpc) is 2.47. The zero-order valence-corrected chi connectivity index (χ0v) is 11.8. The van der Waals surface area contributed by atoms with E-state index in [1.54, 1.807) is 0 Å². The summed E-state index contributed by atoms with van der Waals surface area (Å²) in [6.07, 6.45) is 0. The molecular weight excluding hydrogens is 310 g/mol.